The van der Waals surface area contributed by atoms with E-state index in [0.717, 1.165) is 5.56 Å². The number of benzene rings is 1. The van der Waals surface area contributed by atoms with Crippen LogP contribution in [0.15, 0.2) is 30.3 Å². The molecule has 17 heavy (non-hydrogen) atoms. The van der Waals surface area contributed by atoms with Crippen molar-refractivity contribution in [3.05, 3.63) is 35.9 Å². The van der Waals surface area contributed by atoms with Gasteiger partial charge in [-0.1, -0.05) is 30.3 Å². The average molecular weight is 239 g/mol. The minimum absolute atomic E-state index is 0.0625. The maximum Gasteiger partial charge on any atom is 0.362 e. The molecule has 4 nitrogen and oxygen atoms in total. The van der Waals surface area contributed by atoms with Gasteiger partial charge in [-0.25, -0.2) is 9.18 Å². The Kier molecular flexibility index (Phi) is 3.71. The van der Waals surface area contributed by atoms with Gasteiger partial charge in [-0.3, -0.25) is 5.32 Å². The second-order valence-corrected chi connectivity index (χ2v) is 3.84. The molecule has 1 heterocycles. The summed E-state index contributed by atoms with van der Waals surface area (Å²) in [6.07, 6.45) is 0. The fraction of sp³-hybridized carbons (Fsp3) is 0.417. The van der Waals surface area contributed by atoms with Crippen molar-refractivity contribution in [3.8, 4) is 0 Å². The molecule has 0 aromatic heterocycles. The van der Waals surface area contributed by atoms with Crippen LogP contribution in [0.5, 0.6) is 0 Å². The topological polar surface area (TPSA) is 47.6 Å². The zero-order chi connectivity index (χ0) is 12.1. The lowest BCUT2D eigenvalue weighted by Crippen LogP contribution is -2.56. The fourth-order valence-corrected chi connectivity index (χ4v) is 1.55. The summed E-state index contributed by atoms with van der Waals surface area (Å²) in [6.45, 7) is 0.461. The zero-order valence-electron chi connectivity index (χ0n) is 9.32. The molecule has 1 aromatic carbocycles. The van der Waals surface area contributed by atoms with E-state index in [0.29, 0.717) is 13.2 Å². The van der Waals surface area contributed by atoms with Gasteiger partial charge in [0.2, 0.25) is 0 Å². The molecule has 0 aliphatic carbocycles. The number of nitrogens with one attached hydrogen (secondary N) is 1. The standard InChI is InChI=1S/C12H14FNO3/c13-12(9-16-7-6-14-12)11(15)17-8-10-4-2-1-3-5-10/h1-5,14H,6-9H2. The van der Waals surface area contributed by atoms with E-state index in [1.165, 1.54) is 0 Å². The van der Waals surface area contributed by atoms with E-state index >= 15 is 0 Å². The Morgan fingerprint density at radius 3 is 2.88 bits per heavy atom. The van der Waals surface area contributed by atoms with Crippen molar-refractivity contribution < 1.29 is 18.7 Å². The molecular formula is C12H14FNO3. The lowest BCUT2D eigenvalue weighted by molar-refractivity contribution is -0.171. The fourth-order valence-electron chi connectivity index (χ4n) is 1.55. The van der Waals surface area contributed by atoms with Gasteiger partial charge in [0.05, 0.1) is 6.61 Å². The van der Waals surface area contributed by atoms with E-state index in [9.17, 15) is 9.18 Å². The van der Waals surface area contributed by atoms with Crippen molar-refractivity contribution in [2.75, 3.05) is 19.8 Å². The second kappa shape index (κ2) is 5.25. The Labute approximate surface area is 98.7 Å². The molecule has 1 unspecified atom stereocenters. The van der Waals surface area contributed by atoms with E-state index in [2.05, 4.69) is 5.32 Å². The molecule has 0 bridgehead atoms. The molecule has 1 atom stereocenters. The number of hydrogen-bond acceptors (Lipinski definition) is 4. The van der Waals surface area contributed by atoms with Crippen LogP contribution in [0, 0.1) is 0 Å². The van der Waals surface area contributed by atoms with Gasteiger partial charge in [-0.05, 0) is 5.56 Å². The largest absolute Gasteiger partial charge is 0.457 e. The molecule has 1 aliphatic rings. The summed E-state index contributed by atoms with van der Waals surface area (Å²) in [6, 6.07) is 9.14. The Bertz CT molecular complexity index is 377. The van der Waals surface area contributed by atoms with Crippen LogP contribution in [-0.4, -0.2) is 31.5 Å². The van der Waals surface area contributed by atoms with Gasteiger partial charge in [0.1, 0.15) is 13.2 Å². The van der Waals surface area contributed by atoms with Crippen molar-refractivity contribution in [1.29, 1.82) is 0 Å². The van der Waals surface area contributed by atoms with Crippen molar-refractivity contribution in [2.45, 2.75) is 12.4 Å². The van der Waals surface area contributed by atoms with Crippen LogP contribution in [0.3, 0.4) is 0 Å². The summed E-state index contributed by atoms with van der Waals surface area (Å²) in [4.78, 5) is 11.6. The van der Waals surface area contributed by atoms with Crippen molar-refractivity contribution in [2.24, 2.45) is 0 Å². The van der Waals surface area contributed by atoms with Crippen LogP contribution in [0.2, 0.25) is 0 Å². The number of esters is 1. The highest BCUT2D eigenvalue weighted by Crippen LogP contribution is 2.14. The summed E-state index contributed by atoms with van der Waals surface area (Å²) in [7, 11) is 0. The van der Waals surface area contributed by atoms with Crippen LogP contribution < -0.4 is 5.32 Å². The third kappa shape index (κ3) is 3.01. The summed E-state index contributed by atoms with van der Waals surface area (Å²) in [5.41, 5.74) is 0.821. The van der Waals surface area contributed by atoms with Crippen molar-refractivity contribution in [3.63, 3.8) is 0 Å². The lowest BCUT2D eigenvalue weighted by atomic mass is 10.2. The van der Waals surface area contributed by atoms with Gasteiger partial charge >= 0.3 is 5.97 Å². The number of hydrogen-bond donors (Lipinski definition) is 1. The maximum atomic E-state index is 14.0. The smallest absolute Gasteiger partial charge is 0.362 e. The van der Waals surface area contributed by atoms with Crippen molar-refractivity contribution in [1.82, 2.24) is 5.32 Å². The molecule has 0 spiro atoms. The molecule has 0 amide bonds. The van der Waals surface area contributed by atoms with E-state index < -0.39 is 11.8 Å². The molecule has 5 heteroatoms. The monoisotopic (exact) mass is 239 g/mol. The van der Waals surface area contributed by atoms with Gasteiger partial charge in [0.15, 0.2) is 0 Å². The van der Waals surface area contributed by atoms with Crippen LogP contribution in [0.1, 0.15) is 5.56 Å². The third-order valence-electron chi connectivity index (χ3n) is 2.49. The highest BCUT2D eigenvalue weighted by Gasteiger charge is 2.42. The number of rotatable bonds is 3. The summed E-state index contributed by atoms with van der Waals surface area (Å²) >= 11 is 0. The predicted molar refractivity (Wildman–Crippen MR) is 58.9 cm³/mol. The first-order chi connectivity index (χ1) is 8.21. The lowest BCUT2D eigenvalue weighted by Gasteiger charge is -2.28. The molecule has 1 aliphatic heterocycles. The molecule has 1 aromatic rings. The van der Waals surface area contributed by atoms with E-state index in [1.54, 1.807) is 0 Å². The van der Waals surface area contributed by atoms with Crippen molar-refractivity contribution >= 4 is 5.97 Å². The van der Waals surface area contributed by atoms with E-state index in [4.69, 9.17) is 9.47 Å². The Morgan fingerprint density at radius 2 is 2.24 bits per heavy atom. The average Bonchev–Trinajstić information content (AvgIpc) is 2.38. The Balaban J connectivity index is 1.88. The molecule has 92 valence electrons. The number of carbonyl (C=O) groups is 1. The molecule has 1 saturated heterocycles. The zero-order valence-corrected chi connectivity index (χ0v) is 9.32. The number of morpholine rings is 1. The normalized spacial score (nSPS) is 24.3. The van der Waals surface area contributed by atoms with E-state index in [1.807, 2.05) is 30.3 Å². The third-order valence-corrected chi connectivity index (χ3v) is 2.49. The Hall–Kier alpha value is -1.46. The maximum absolute atomic E-state index is 14.0. The predicted octanol–water partition coefficient (Wildman–Crippen LogP) is 1.02. The summed E-state index contributed by atoms with van der Waals surface area (Å²) < 4.78 is 23.8. The molecule has 0 radical (unpaired) electrons. The molecule has 1 fully saturated rings. The molecule has 1 N–H and O–H groups in total. The van der Waals surface area contributed by atoms with Gasteiger partial charge in [0, 0.05) is 6.54 Å². The van der Waals surface area contributed by atoms with Gasteiger partial charge in [0.25, 0.3) is 5.79 Å². The molecular weight excluding hydrogens is 225 g/mol. The SMILES string of the molecule is O=C(OCc1ccccc1)C1(F)COCCN1. The van der Waals surface area contributed by atoms with Crippen LogP contribution in [-0.2, 0) is 20.9 Å². The first-order valence-corrected chi connectivity index (χ1v) is 5.43. The molecule has 2 rings (SSSR count). The second-order valence-electron chi connectivity index (χ2n) is 3.84. The van der Waals surface area contributed by atoms with Crippen LogP contribution in [0.25, 0.3) is 0 Å². The number of ether oxygens (including phenoxy) is 2. The number of carbonyl (C=O) groups excluding carboxylic acids is 1. The summed E-state index contributed by atoms with van der Waals surface area (Å²) in [5.74, 6) is -3.14. The van der Waals surface area contributed by atoms with Gasteiger partial charge in [-0.15, -0.1) is 0 Å². The first kappa shape index (κ1) is 12.0. The summed E-state index contributed by atoms with van der Waals surface area (Å²) in [5, 5.41) is 2.47. The highest BCUT2D eigenvalue weighted by atomic mass is 19.1. The highest BCUT2D eigenvalue weighted by molar-refractivity contribution is 5.79. The Morgan fingerprint density at radius 1 is 1.47 bits per heavy atom. The molecule has 0 saturated carbocycles. The first-order valence-electron chi connectivity index (χ1n) is 5.43. The van der Waals surface area contributed by atoms with Crippen LogP contribution in [0.4, 0.5) is 4.39 Å². The van der Waals surface area contributed by atoms with Gasteiger partial charge < -0.3 is 9.47 Å². The minimum Gasteiger partial charge on any atom is -0.457 e. The number of halogens is 1. The van der Waals surface area contributed by atoms with Gasteiger partial charge in [-0.2, -0.15) is 0 Å². The van der Waals surface area contributed by atoms with E-state index in [-0.39, 0.29) is 13.2 Å². The minimum atomic E-state index is -2.22. The number of alkyl halides is 1. The van der Waals surface area contributed by atoms with Crippen LogP contribution >= 0.6 is 0 Å². The quantitative estimate of drug-likeness (QED) is 0.632.